The number of hydrogen-bond acceptors (Lipinski definition) is 3. The van der Waals surface area contributed by atoms with Gasteiger partial charge in [0.05, 0.1) is 23.3 Å². The predicted octanol–water partition coefficient (Wildman–Crippen LogP) is 1.72. The van der Waals surface area contributed by atoms with Gasteiger partial charge in [-0.2, -0.15) is 10.4 Å². The molecule has 1 aromatic carbocycles. The number of hydrogen-bond donors (Lipinski definition) is 0. The van der Waals surface area contributed by atoms with E-state index in [-0.39, 0.29) is 12.0 Å². The van der Waals surface area contributed by atoms with Crippen LogP contribution in [0.15, 0.2) is 29.2 Å². The van der Waals surface area contributed by atoms with Crippen LogP contribution < -0.4 is 5.43 Å². The van der Waals surface area contributed by atoms with Gasteiger partial charge in [-0.25, -0.2) is 0 Å². The first-order chi connectivity index (χ1) is 9.13. The number of aromatic nitrogens is 3. The minimum Gasteiger partial charge on any atom is -0.324 e. The van der Waals surface area contributed by atoms with E-state index in [0.717, 1.165) is 11.1 Å². The van der Waals surface area contributed by atoms with Crippen molar-refractivity contribution in [3.8, 4) is 6.07 Å². The smallest absolute Gasteiger partial charge is 0.215 e. The first-order valence-corrected chi connectivity index (χ1v) is 5.95. The standard InChI is InChI=1S/C14H12N4O/c1-9-3-4-11-10(7-9)14(19)13-12(8-16-17(13)2)18(11)6-5-15/h3-4,7-8H,6H2,1-2H3. The molecular formula is C14H12N4O. The highest BCUT2D eigenvalue weighted by Gasteiger charge is 2.13. The van der Waals surface area contributed by atoms with E-state index in [1.165, 1.54) is 0 Å². The Kier molecular flexibility index (Phi) is 2.39. The quantitative estimate of drug-likeness (QED) is 0.662. The van der Waals surface area contributed by atoms with Gasteiger partial charge in [-0.1, -0.05) is 11.6 Å². The molecule has 0 atom stereocenters. The van der Waals surface area contributed by atoms with Gasteiger partial charge in [0.2, 0.25) is 5.43 Å². The fourth-order valence-corrected chi connectivity index (χ4v) is 2.45. The van der Waals surface area contributed by atoms with Crippen LogP contribution in [0.1, 0.15) is 5.56 Å². The summed E-state index contributed by atoms with van der Waals surface area (Å²) in [6.45, 7) is 2.14. The Labute approximate surface area is 109 Å². The highest BCUT2D eigenvalue weighted by Crippen LogP contribution is 2.19. The predicted molar refractivity (Wildman–Crippen MR) is 72.8 cm³/mol. The average Bonchev–Trinajstić information content (AvgIpc) is 2.77. The van der Waals surface area contributed by atoms with Crippen molar-refractivity contribution >= 4 is 21.9 Å². The summed E-state index contributed by atoms with van der Waals surface area (Å²) in [4.78, 5) is 12.5. The highest BCUT2D eigenvalue weighted by atomic mass is 16.1. The van der Waals surface area contributed by atoms with Gasteiger partial charge in [-0.3, -0.25) is 9.48 Å². The first-order valence-electron chi connectivity index (χ1n) is 5.95. The lowest BCUT2D eigenvalue weighted by Gasteiger charge is -2.10. The Hall–Kier alpha value is -2.61. The monoisotopic (exact) mass is 252 g/mol. The number of rotatable bonds is 1. The van der Waals surface area contributed by atoms with Gasteiger partial charge in [0.15, 0.2) is 0 Å². The largest absolute Gasteiger partial charge is 0.324 e. The number of nitrogens with zero attached hydrogens (tertiary/aromatic N) is 4. The summed E-state index contributed by atoms with van der Waals surface area (Å²) in [6.07, 6.45) is 1.63. The molecule has 0 saturated heterocycles. The minimum absolute atomic E-state index is 0.0390. The summed E-state index contributed by atoms with van der Waals surface area (Å²) in [5, 5.41) is 13.8. The zero-order valence-electron chi connectivity index (χ0n) is 10.7. The van der Waals surface area contributed by atoms with Crippen molar-refractivity contribution in [1.29, 1.82) is 5.26 Å². The van der Waals surface area contributed by atoms with Crippen LogP contribution in [-0.2, 0) is 13.6 Å². The van der Waals surface area contributed by atoms with Gasteiger partial charge in [0, 0.05) is 12.4 Å². The minimum atomic E-state index is -0.0390. The molecule has 0 radical (unpaired) electrons. The third-order valence-corrected chi connectivity index (χ3v) is 3.34. The maximum atomic E-state index is 12.5. The molecule has 2 heterocycles. The second-order valence-corrected chi connectivity index (χ2v) is 4.60. The van der Waals surface area contributed by atoms with Gasteiger partial charge in [0.25, 0.3) is 0 Å². The molecule has 94 valence electrons. The van der Waals surface area contributed by atoms with Crippen molar-refractivity contribution < 1.29 is 0 Å². The topological polar surface area (TPSA) is 63.6 Å². The van der Waals surface area contributed by atoms with Crippen molar-refractivity contribution in [1.82, 2.24) is 14.3 Å². The molecule has 5 nitrogen and oxygen atoms in total. The van der Waals surface area contributed by atoms with Crippen LogP contribution in [0, 0.1) is 18.3 Å². The molecule has 3 rings (SSSR count). The van der Waals surface area contributed by atoms with E-state index in [1.54, 1.807) is 17.9 Å². The number of fused-ring (bicyclic) bond motifs is 2. The second-order valence-electron chi connectivity index (χ2n) is 4.60. The molecule has 2 aromatic heterocycles. The molecule has 0 aliphatic carbocycles. The number of nitriles is 1. The Morgan fingerprint density at radius 1 is 1.37 bits per heavy atom. The van der Waals surface area contributed by atoms with Crippen LogP contribution in [0.4, 0.5) is 0 Å². The fourth-order valence-electron chi connectivity index (χ4n) is 2.45. The van der Waals surface area contributed by atoms with Crippen LogP contribution >= 0.6 is 0 Å². The third-order valence-electron chi connectivity index (χ3n) is 3.34. The van der Waals surface area contributed by atoms with Crippen molar-refractivity contribution in [3.05, 3.63) is 40.2 Å². The molecule has 3 aromatic rings. The van der Waals surface area contributed by atoms with Crippen molar-refractivity contribution in [2.24, 2.45) is 7.05 Å². The summed E-state index contributed by atoms with van der Waals surface area (Å²) in [6, 6.07) is 7.82. The zero-order chi connectivity index (χ0) is 13.6. The Morgan fingerprint density at radius 3 is 2.89 bits per heavy atom. The number of aryl methyl sites for hydroxylation is 2. The third kappa shape index (κ3) is 1.54. The maximum Gasteiger partial charge on any atom is 0.215 e. The van der Waals surface area contributed by atoms with Crippen molar-refractivity contribution in [3.63, 3.8) is 0 Å². The van der Waals surface area contributed by atoms with Gasteiger partial charge in [-0.05, 0) is 19.1 Å². The maximum absolute atomic E-state index is 12.5. The van der Waals surface area contributed by atoms with Crippen LogP contribution in [-0.4, -0.2) is 14.3 Å². The first kappa shape index (κ1) is 11.5. The lowest BCUT2D eigenvalue weighted by molar-refractivity contribution is 0.795. The Balaban J connectivity index is 2.64. The van der Waals surface area contributed by atoms with Gasteiger partial charge < -0.3 is 4.57 Å². The Morgan fingerprint density at radius 2 is 2.16 bits per heavy atom. The van der Waals surface area contributed by atoms with E-state index in [0.29, 0.717) is 16.4 Å². The van der Waals surface area contributed by atoms with E-state index in [1.807, 2.05) is 29.7 Å². The van der Waals surface area contributed by atoms with Crippen LogP contribution in [0.3, 0.4) is 0 Å². The summed E-state index contributed by atoms with van der Waals surface area (Å²) < 4.78 is 3.39. The van der Waals surface area contributed by atoms with E-state index in [4.69, 9.17) is 5.26 Å². The molecule has 0 aliphatic rings. The number of benzene rings is 1. The van der Waals surface area contributed by atoms with Gasteiger partial charge >= 0.3 is 0 Å². The molecule has 0 spiro atoms. The van der Waals surface area contributed by atoms with E-state index >= 15 is 0 Å². The fraction of sp³-hybridized carbons (Fsp3) is 0.214. The molecule has 0 bridgehead atoms. The molecule has 19 heavy (non-hydrogen) atoms. The second kappa shape index (κ2) is 3.95. The summed E-state index contributed by atoms with van der Waals surface area (Å²) in [5.41, 5.74) is 2.99. The zero-order valence-corrected chi connectivity index (χ0v) is 10.7. The molecular weight excluding hydrogens is 240 g/mol. The molecule has 0 unspecified atom stereocenters. The summed E-state index contributed by atoms with van der Waals surface area (Å²) >= 11 is 0. The van der Waals surface area contributed by atoms with E-state index in [9.17, 15) is 4.79 Å². The average molecular weight is 252 g/mol. The van der Waals surface area contributed by atoms with Crippen LogP contribution in [0.2, 0.25) is 0 Å². The Bertz CT molecular complexity index is 896. The lowest BCUT2D eigenvalue weighted by atomic mass is 10.1. The van der Waals surface area contributed by atoms with Gasteiger partial charge in [0.1, 0.15) is 12.1 Å². The lowest BCUT2D eigenvalue weighted by Crippen LogP contribution is -2.13. The van der Waals surface area contributed by atoms with E-state index in [2.05, 4.69) is 11.2 Å². The van der Waals surface area contributed by atoms with Crippen molar-refractivity contribution in [2.45, 2.75) is 13.5 Å². The SMILES string of the molecule is Cc1ccc2c(c1)c(=O)c1c(cnn1C)n2CC#N. The summed E-state index contributed by atoms with van der Waals surface area (Å²) in [7, 11) is 1.74. The van der Waals surface area contributed by atoms with E-state index < -0.39 is 0 Å². The molecule has 0 aliphatic heterocycles. The highest BCUT2D eigenvalue weighted by molar-refractivity contribution is 5.92. The molecule has 5 heteroatoms. The van der Waals surface area contributed by atoms with Crippen LogP contribution in [0.25, 0.3) is 21.9 Å². The molecule has 0 amide bonds. The molecule has 0 saturated carbocycles. The summed E-state index contributed by atoms with van der Waals surface area (Å²) in [5.74, 6) is 0. The van der Waals surface area contributed by atoms with Gasteiger partial charge in [-0.15, -0.1) is 0 Å². The van der Waals surface area contributed by atoms with Crippen LogP contribution in [0.5, 0.6) is 0 Å². The normalized spacial score (nSPS) is 11.0. The number of pyridine rings is 1. The molecule has 0 N–H and O–H groups in total. The van der Waals surface area contributed by atoms with Crippen molar-refractivity contribution in [2.75, 3.05) is 0 Å². The molecule has 0 fully saturated rings.